The summed E-state index contributed by atoms with van der Waals surface area (Å²) < 4.78 is 2.42. The van der Waals surface area contributed by atoms with Gasteiger partial charge in [-0.1, -0.05) is 114 Å². The number of allylic oxidation sites excluding steroid dienone is 3. The number of fused-ring (bicyclic) bond motifs is 3. The van der Waals surface area contributed by atoms with Crippen LogP contribution in [-0.4, -0.2) is 4.57 Å². The molecular weight excluding hydrogens is 563 g/mol. The van der Waals surface area contributed by atoms with Crippen LogP contribution in [0.25, 0.3) is 27.5 Å². The fourth-order valence-electron chi connectivity index (χ4n) is 6.94. The molecule has 0 saturated carbocycles. The first-order valence-electron chi connectivity index (χ1n) is 16.4. The van der Waals surface area contributed by atoms with Crippen LogP contribution >= 0.6 is 10.0 Å². The second-order valence-corrected chi connectivity index (χ2v) is 16.2. The highest BCUT2D eigenvalue weighted by molar-refractivity contribution is 8.37. The van der Waals surface area contributed by atoms with Crippen molar-refractivity contribution in [2.75, 3.05) is 0 Å². The highest BCUT2D eigenvalue weighted by Gasteiger charge is 2.36. The molecule has 1 unspecified atom stereocenters. The van der Waals surface area contributed by atoms with Crippen LogP contribution in [0.4, 0.5) is 0 Å². The molecule has 0 amide bonds. The molecule has 0 fully saturated rings. The molecule has 5 aromatic carbocycles. The Labute approximate surface area is 270 Å². The summed E-state index contributed by atoms with van der Waals surface area (Å²) in [6.45, 7) is 11.7. The van der Waals surface area contributed by atoms with Crippen LogP contribution in [-0.2, 0) is 0 Å². The maximum absolute atomic E-state index is 2.57. The SMILES string of the molecule is CC(C)c1cc(C(C)C)cc(S(C2=C[C@@H](C)CC=C2)(c2ccccc2)c2ccc3c(c2)c2ccccc2n3-c2ccccc2)c1. The lowest BCUT2D eigenvalue weighted by atomic mass is 9.96. The predicted octanol–water partition coefficient (Wildman–Crippen LogP) is 12.8. The number of hydrogen-bond acceptors (Lipinski definition) is 0. The van der Waals surface area contributed by atoms with E-state index in [1.54, 1.807) is 0 Å². The molecular formula is C43H43NS. The van der Waals surface area contributed by atoms with Crippen LogP contribution < -0.4 is 0 Å². The molecule has 45 heavy (non-hydrogen) atoms. The Morgan fingerprint density at radius 2 is 1.22 bits per heavy atom. The molecule has 0 N–H and O–H groups in total. The van der Waals surface area contributed by atoms with Crippen LogP contribution in [0.15, 0.2) is 159 Å². The third kappa shape index (κ3) is 5.06. The van der Waals surface area contributed by atoms with Crippen molar-refractivity contribution in [1.29, 1.82) is 0 Å². The van der Waals surface area contributed by atoms with Crippen molar-refractivity contribution in [2.45, 2.75) is 67.6 Å². The quantitative estimate of drug-likeness (QED) is 0.171. The monoisotopic (exact) mass is 605 g/mol. The summed E-state index contributed by atoms with van der Waals surface area (Å²) in [5.74, 6) is 1.37. The molecule has 1 aliphatic carbocycles. The van der Waals surface area contributed by atoms with Gasteiger partial charge in [-0.2, -0.15) is 0 Å². The van der Waals surface area contributed by atoms with E-state index < -0.39 is 10.0 Å². The molecule has 6 aromatic rings. The zero-order valence-corrected chi connectivity index (χ0v) is 27.9. The van der Waals surface area contributed by atoms with E-state index in [-0.39, 0.29) is 0 Å². The minimum atomic E-state index is -1.83. The minimum Gasteiger partial charge on any atom is -0.309 e. The number of para-hydroxylation sites is 2. The smallest absolute Gasteiger partial charge is 0.0541 e. The first-order valence-corrected chi connectivity index (χ1v) is 18.0. The molecule has 1 aromatic heterocycles. The van der Waals surface area contributed by atoms with Gasteiger partial charge in [-0.25, -0.2) is 0 Å². The summed E-state index contributed by atoms with van der Waals surface area (Å²) in [7, 11) is -1.83. The Kier molecular flexibility index (Phi) is 7.79. The van der Waals surface area contributed by atoms with Crippen LogP contribution in [0.2, 0.25) is 0 Å². The lowest BCUT2D eigenvalue weighted by molar-refractivity contribution is 0.734. The first kappa shape index (κ1) is 29.4. The number of hydrogen-bond donors (Lipinski definition) is 0. The maximum Gasteiger partial charge on any atom is 0.0541 e. The first-order chi connectivity index (χ1) is 21.9. The number of rotatable bonds is 7. The van der Waals surface area contributed by atoms with Crippen molar-refractivity contribution < 1.29 is 0 Å². The average Bonchev–Trinajstić information content (AvgIpc) is 3.40. The van der Waals surface area contributed by atoms with Crippen LogP contribution in [0.3, 0.4) is 0 Å². The van der Waals surface area contributed by atoms with Gasteiger partial charge in [0.1, 0.15) is 0 Å². The van der Waals surface area contributed by atoms with Gasteiger partial charge in [-0.05, 0) is 101 Å². The van der Waals surface area contributed by atoms with E-state index in [0.717, 1.165) is 6.42 Å². The van der Waals surface area contributed by atoms with Gasteiger partial charge in [0.25, 0.3) is 0 Å². The van der Waals surface area contributed by atoms with E-state index in [2.05, 4.69) is 179 Å². The molecule has 1 aliphatic rings. The summed E-state index contributed by atoms with van der Waals surface area (Å²) in [4.78, 5) is 5.64. The third-order valence-corrected chi connectivity index (χ3v) is 13.2. The average molecular weight is 606 g/mol. The summed E-state index contributed by atoms with van der Waals surface area (Å²) in [6.07, 6.45) is 8.49. The van der Waals surface area contributed by atoms with Crippen LogP contribution in [0, 0.1) is 5.92 Å². The Balaban J connectivity index is 1.62. The molecule has 1 heterocycles. The van der Waals surface area contributed by atoms with E-state index in [1.807, 2.05) is 0 Å². The van der Waals surface area contributed by atoms with Gasteiger partial charge in [-0.15, -0.1) is 10.0 Å². The molecule has 7 rings (SSSR count). The van der Waals surface area contributed by atoms with Crippen molar-refractivity contribution in [3.05, 3.63) is 156 Å². The fraction of sp³-hybridized carbons (Fsp3) is 0.209. The van der Waals surface area contributed by atoms with E-state index in [9.17, 15) is 0 Å². The van der Waals surface area contributed by atoms with E-state index >= 15 is 0 Å². The fourth-order valence-corrected chi connectivity index (χ4v) is 11.1. The Morgan fingerprint density at radius 1 is 0.600 bits per heavy atom. The second kappa shape index (κ2) is 11.9. The minimum absolute atomic E-state index is 0.441. The molecule has 0 radical (unpaired) electrons. The molecule has 0 bridgehead atoms. The highest BCUT2D eigenvalue weighted by atomic mass is 32.3. The highest BCUT2D eigenvalue weighted by Crippen LogP contribution is 2.74. The van der Waals surface area contributed by atoms with E-state index in [1.165, 1.54) is 58.2 Å². The number of aromatic nitrogens is 1. The predicted molar refractivity (Wildman–Crippen MR) is 195 cm³/mol. The normalized spacial score (nSPS) is 17.1. The van der Waals surface area contributed by atoms with Crippen LogP contribution in [0.1, 0.15) is 64.0 Å². The standard InChI is InChI=1S/C43H43NS/c1-30(2)33-26-34(31(3)4)28-39(27-33)45(36-18-10-7-11-19-36,37-20-14-15-32(5)25-37)38-23-24-43-41(29-38)40-21-12-13-22-42(40)44(43)35-16-8-6-9-17-35/h6-14,16-32H,15H2,1-5H3/t32-/m0/s1. The van der Waals surface area contributed by atoms with Gasteiger partial charge in [0.15, 0.2) is 0 Å². The summed E-state index contributed by atoms with van der Waals surface area (Å²) in [5, 5.41) is 2.59. The summed E-state index contributed by atoms with van der Waals surface area (Å²) in [5.41, 5.74) is 6.51. The van der Waals surface area contributed by atoms with Crippen molar-refractivity contribution in [2.24, 2.45) is 5.92 Å². The molecule has 0 spiro atoms. The molecule has 2 atom stereocenters. The topological polar surface area (TPSA) is 4.93 Å². The lowest BCUT2D eigenvalue weighted by Crippen LogP contribution is -2.10. The van der Waals surface area contributed by atoms with Gasteiger partial charge in [0.2, 0.25) is 0 Å². The molecule has 1 nitrogen and oxygen atoms in total. The number of nitrogens with zero attached hydrogens (tertiary/aromatic N) is 1. The van der Waals surface area contributed by atoms with Gasteiger partial charge in [0, 0.05) is 31.1 Å². The van der Waals surface area contributed by atoms with Gasteiger partial charge >= 0.3 is 0 Å². The summed E-state index contributed by atoms with van der Waals surface area (Å²) in [6, 6.07) is 45.9. The Morgan fingerprint density at radius 3 is 1.89 bits per heavy atom. The van der Waals surface area contributed by atoms with E-state index in [0.29, 0.717) is 17.8 Å². The van der Waals surface area contributed by atoms with Crippen molar-refractivity contribution in [3.8, 4) is 5.69 Å². The zero-order valence-electron chi connectivity index (χ0n) is 27.1. The molecule has 2 heteroatoms. The largest absolute Gasteiger partial charge is 0.309 e. The molecule has 0 saturated heterocycles. The van der Waals surface area contributed by atoms with Crippen molar-refractivity contribution in [3.63, 3.8) is 0 Å². The van der Waals surface area contributed by atoms with Gasteiger partial charge in [0.05, 0.1) is 11.0 Å². The maximum atomic E-state index is 2.57. The van der Waals surface area contributed by atoms with Crippen molar-refractivity contribution >= 4 is 31.8 Å². The molecule has 226 valence electrons. The zero-order chi connectivity index (χ0) is 31.1. The van der Waals surface area contributed by atoms with Gasteiger partial charge < -0.3 is 4.57 Å². The third-order valence-electron chi connectivity index (χ3n) is 9.34. The lowest BCUT2D eigenvalue weighted by Gasteiger charge is -2.44. The molecule has 0 aliphatic heterocycles. The number of benzene rings is 5. The van der Waals surface area contributed by atoms with Gasteiger partial charge in [-0.3, -0.25) is 0 Å². The van der Waals surface area contributed by atoms with Crippen molar-refractivity contribution in [1.82, 2.24) is 4.57 Å². The second-order valence-electron chi connectivity index (χ2n) is 13.1. The summed E-state index contributed by atoms with van der Waals surface area (Å²) >= 11 is 0. The Bertz CT molecular complexity index is 2020. The Hall–Kier alpha value is -4.27. The van der Waals surface area contributed by atoms with E-state index in [4.69, 9.17) is 0 Å². The van der Waals surface area contributed by atoms with Crippen LogP contribution in [0.5, 0.6) is 0 Å².